The molecule has 2 aromatic rings. The molecule has 0 saturated carbocycles. The Morgan fingerprint density at radius 2 is 2.00 bits per heavy atom. The second kappa shape index (κ2) is 8.89. The van der Waals surface area contributed by atoms with E-state index in [2.05, 4.69) is 4.98 Å². The molecule has 0 saturated heterocycles. The lowest BCUT2D eigenvalue weighted by molar-refractivity contribution is -0.385. The zero-order chi connectivity index (χ0) is 20.9. The van der Waals surface area contributed by atoms with E-state index in [0.717, 1.165) is 10.4 Å². The number of hydrogen-bond donors (Lipinski definition) is 0. The molecular formula is C18H21N3O6S. The molecule has 0 aliphatic carbocycles. The monoisotopic (exact) mass is 407 g/mol. The Labute approximate surface area is 163 Å². The highest BCUT2D eigenvalue weighted by molar-refractivity contribution is 7.89. The first-order chi connectivity index (χ1) is 13.2. The van der Waals surface area contributed by atoms with Crippen LogP contribution >= 0.6 is 0 Å². The van der Waals surface area contributed by atoms with Crippen molar-refractivity contribution in [3.63, 3.8) is 0 Å². The number of ether oxygens (including phenoxy) is 1. The van der Waals surface area contributed by atoms with E-state index >= 15 is 0 Å². The average Bonchev–Trinajstić information content (AvgIpc) is 2.67. The molecule has 9 nitrogen and oxygen atoms in total. The van der Waals surface area contributed by atoms with Crippen molar-refractivity contribution in [2.75, 3.05) is 7.11 Å². The summed E-state index contributed by atoms with van der Waals surface area (Å²) in [5.41, 5.74) is 0.202. The van der Waals surface area contributed by atoms with Crippen LogP contribution < -0.4 is 0 Å². The first-order valence-electron chi connectivity index (χ1n) is 8.41. The summed E-state index contributed by atoms with van der Waals surface area (Å²) in [6, 6.07) is 6.93. The third-order valence-electron chi connectivity index (χ3n) is 4.08. The van der Waals surface area contributed by atoms with Gasteiger partial charge in [0, 0.05) is 31.1 Å². The van der Waals surface area contributed by atoms with Crippen molar-refractivity contribution in [3.05, 3.63) is 64.5 Å². The Bertz CT molecular complexity index is 947. The predicted molar refractivity (Wildman–Crippen MR) is 101 cm³/mol. The minimum absolute atomic E-state index is 0.142. The first-order valence-corrected chi connectivity index (χ1v) is 9.85. The molecule has 0 fully saturated rings. The van der Waals surface area contributed by atoms with Gasteiger partial charge in [0.2, 0.25) is 10.0 Å². The van der Waals surface area contributed by atoms with Gasteiger partial charge in [-0.3, -0.25) is 19.9 Å². The lowest BCUT2D eigenvalue weighted by Crippen LogP contribution is -2.48. The van der Waals surface area contributed by atoms with Gasteiger partial charge >= 0.3 is 5.97 Å². The number of non-ortho nitro benzene ring substituents is 1. The Kier molecular flexibility index (Phi) is 6.81. The maximum Gasteiger partial charge on any atom is 0.324 e. The molecule has 0 spiro atoms. The van der Waals surface area contributed by atoms with Crippen LogP contribution in [0.25, 0.3) is 0 Å². The third-order valence-corrected chi connectivity index (χ3v) is 5.90. The lowest BCUT2D eigenvalue weighted by Gasteiger charge is -2.31. The van der Waals surface area contributed by atoms with E-state index in [1.165, 1.54) is 31.5 Å². The number of methoxy groups -OCH3 is 1. The number of benzene rings is 1. The normalized spacial score (nSPS) is 12.8. The minimum atomic E-state index is -4.25. The number of carbonyl (C=O) groups is 1. The van der Waals surface area contributed by atoms with E-state index in [0.29, 0.717) is 5.56 Å². The highest BCUT2D eigenvalue weighted by Gasteiger charge is 2.39. The molecule has 150 valence electrons. The van der Waals surface area contributed by atoms with Crippen LogP contribution in [0.4, 0.5) is 5.69 Å². The van der Waals surface area contributed by atoms with Crippen LogP contribution in [0.15, 0.2) is 53.7 Å². The number of hydrogen-bond acceptors (Lipinski definition) is 7. The number of nitrogens with zero attached hydrogens (tertiary/aromatic N) is 3. The number of rotatable bonds is 8. The smallest absolute Gasteiger partial charge is 0.324 e. The zero-order valence-corrected chi connectivity index (χ0v) is 16.5. The first kappa shape index (κ1) is 21.5. The van der Waals surface area contributed by atoms with E-state index in [-0.39, 0.29) is 17.1 Å². The molecule has 2 rings (SSSR count). The maximum absolute atomic E-state index is 13.4. The fraction of sp³-hybridized carbons (Fsp3) is 0.333. The number of pyridine rings is 1. The molecule has 28 heavy (non-hydrogen) atoms. The van der Waals surface area contributed by atoms with E-state index in [4.69, 9.17) is 4.74 Å². The number of carbonyl (C=O) groups excluding carboxylic acids is 1. The Morgan fingerprint density at radius 1 is 1.29 bits per heavy atom. The third kappa shape index (κ3) is 4.70. The molecule has 1 aromatic carbocycles. The molecule has 0 amide bonds. The predicted octanol–water partition coefficient (Wildman–Crippen LogP) is 2.38. The van der Waals surface area contributed by atoms with Gasteiger partial charge in [-0.05, 0) is 23.6 Å². The van der Waals surface area contributed by atoms with Gasteiger partial charge in [-0.1, -0.05) is 26.0 Å². The maximum atomic E-state index is 13.4. The van der Waals surface area contributed by atoms with Crippen molar-refractivity contribution < 1.29 is 22.9 Å². The highest BCUT2D eigenvalue weighted by Crippen LogP contribution is 2.27. The van der Waals surface area contributed by atoms with Gasteiger partial charge < -0.3 is 4.74 Å². The summed E-state index contributed by atoms with van der Waals surface area (Å²) >= 11 is 0. The van der Waals surface area contributed by atoms with Crippen molar-refractivity contribution in [1.29, 1.82) is 0 Å². The van der Waals surface area contributed by atoms with Gasteiger partial charge in [-0.25, -0.2) is 8.42 Å². The van der Waals surface area contributed by atoms with Gasteiger partial charge in [-0.2, -0.15) is 4.31 Å². The second-order valence-corrected chi connectivity index (χ2v) is 8.27. The molecular weight excluding hydrogens is 386 g/mol. The number of aromatic nitrogens is 1. The molecule has 10 heteroatoms. The van der Waals surface area contributed by atoms with Crippen LogP contribution in [-0.4, -0.2) is 41.8 Å². The average molecular weight is 407 g/mol. The van der Waals surface area contributed by atoms with Crippen molar-refractivity contribution in [1.82, 2.24) is 9.29 Å². The molecule has 0 aliphatic heterocycles. The van der Waals surface area contributed by atoms with Crippen molar-refractivity contribution in [2.24, 2.45) is 5.92 Å². The number of sulfonamides is 1. The number of nitro benzene ring substituents is 1. The Morgan fingerprint density at radius 3 is 2.54 bits per heavy atom. The number of esters is 1. The van der Waals surface area contributed by atoms with Gasteiger partial charge in [0.25, 0.3) is 5.69 Å². The van der Waals surface area contributed by atoms with Gasteiger partial charge in [0.1, 0.15) is 6.04 Å². The van der Waals surface area contributed by atoms with Crippen LogP contribution in [0, 0.1) is 16.0 Å². The van der Waals surface area contributed by atoms with E-state index in [9.17, 15) is 23.3 Å². The fourth-order valence-corrected chi connectivity index (χ4v) is 4.48. The van der Waals surface area contributed by atoms with E-state index in [1.807, 2.05) is 0 Å². The van der Waals surface area contributed by atoms with Gasteiger partial charge in [0.05, 0.1) is 16.9 Å². The summed E-state index contributed by atoms with van der Waals surface area (Å²) in [7, 11) is -3.07. The summed E-state index contributed by atoms with van der Waals surface area (Å²) in [5.74, 6) is -1.12. The highest BCUT2D eigenvalue weighted by atomic mass is 32.2. The minimum Gasteiger partial charge on any atom is -0.468 e. The van der Waals surface area contributed by atoms with Gasteiger partial charge in [-0.15, -0.1) is 0 Å². The van der Waals surface area contributed by atoms with Crippen LogP contribution in [0.5, 0.6) is 0 Å². The summed E-state index contributed by atoms with van der Waals surface area (Å²) in [6.45, 7) is 3.25. The van der Waals surface area contributed by atoms with Crippen molar-refractivity contribution >= 4 is 21.7 Å². The molecule has 0 aliphatic rings. The molecule has 0 unspecified atom stereocenters. The molecule has 1 atom stereocenters. The molecule has 1 aromatic heterocycles. The van der Waals surface area contributed by atoms with Gasteiger partial charge in [0.15, 0.2) is 0 Å². The largest absolute Gasteiger partial charge is 0.468 e. The van der Waals surface area contributed by atoms with Crippen LogP contribution in [-0.2, 0) is 26.1 Å². The fourth-order valence-electron chi connectivity index (χ4n) is 2.74. The zero-order valence-electron chi connectivity index (χ0n) is 15.7. The quantitative estimate of drug-likeness (QED) is 0.374. The van der Waals surface area contributed by atoms with E-state index < -0.39 is 32.9 Å². The Hall–Kier alpha value is -2.85. The standard InChI is InChI=1S/C18H21N3O6S/c1-13(2)17(18(22)27-3)20(12-14-6-5-9-19-11-14)28(25,26)16-8-4-7-15(10-16)21(23)24/h4-11,13,17H,12H2,1-3H3/t17-/m1/s1. The lowest BCUT2D eigenvalue weighted by atomic mass is 10.0. The van der Waals surface area contributed by atoms with Crippen LogP contribution in [0.3, 0.4) is 0 Å². The molecule has 0 radical (unpaired) electrons. The summed E-state index contributed by atoms with van der Waals surface area (Å²) in [4.78, 5) is 26.5. The van der Waals surface area contributed by atoms with E-state index in [1.54, 1.807) is 32.2 Å². The SMILES string of the molecule is COC(=O)[C@@H](C(C)C)N(Cc1cccnc1)S(=O)(=O)c1cccc([N+](=O)[O-])c1. The summed E-state index contributed by atoms with van der Waals surface area (Å²) in [6.07, 6.45) is 3.04. The van der Waals surface area contributed by atoms with Crippen molar-refractivity contribution in [2.45, 2.75) is 31.3 Å². The summed E-state index contributed by atoms with van der Waals surface area (Å²) < 4.78 is 32.5. The van der Waals surface area contributed by atoms with Crippen LogP contribution in [0.1, 0.15) is 19.4 Å². The van der Waals surface area contributed by atoms with Crippen LogP contribution in [0.2, 0.25) is 0 Å². The second-order valence-electron chi connectivity index (χ2n) is 6.38. The topological polar surface area (TPSA) is 120 Å². The van der Waals surface area contributed by atoms with Crippen molar-refractivity contribution in [3.8, 4) is 0 Å². The summed E-state index contributed by atoms with van der Waals surface area (Å²) in [5, 5.41) is 11.1. The Balaban J connectivity index is 2.60. The number of nitro groups is 1. The molecule has 0 N–H and O–H groups in total. The molecule has 1 heterocycles. The molecule has 0 bridgehead atoms.